The van der Waals surface area contributed by atoms with Gasteiger partial charge < -0.3 is 19.9 Å². The van der Waals surface area contributed by atoms with Crippen molar-refractivity contribution >= 4 is 22.9 Å². The SMILES string of the molecule is Cn1c(=O)c(C(=O)NCC(=O)OC(C)(C)C)c(O)c2cc([C@@H]3CCCCO3)cnc21. The van der Waals surface area contributed by atoms with E-state index in [9.17, 15) is 19.5 Å². The van der Waals surface area contributed by atoms with Crippen molar-refractivity contribution in [2.45, 2.75) is 51.7 Å². The van der Waals surface area contributed by atoms with Gasteiger partial charge in [-0.15, -0.1) is 0 Å². The fourth-order valence-corrected chi connectivity index (χ4v) is 3.42. The number of esters is 1. The van der Waals surface area contributed by atoms with Gasteiger partial charge in [0.25, 0.3) is 11.5 Å². The van der Waals surface area contributed by atoms with Crippen LogP contribution in [0.2, 0.25) is 0 Å². The predicted octanol–water partition coefficient (Wildman–Crippen LogP) is 1.95. The summed E-state index contributed by atoms with van der Waals surface area (Å²) in [5, 5.41) is 13.3. The zero-order valence-corrected chi connectivity index (χ0v) is 17.7. The summed E-state index contributed by atoms with van der Waals surface area (Å²) >= 11 is 0. The summed E-state index contributed by atoms with van der Waals surface area (Å²) < 4.78 is 12.1. The molecule has 2 aromatic rings. The van der Waals surface area contributed by atoms with Crippen molar-refractivity contribution in [2.24, 2.45) is 7.05 Å². The van der Waals surface area contributed by atoms with Crippen molar-refractivity contribution in [1.29, 1.82) is 0 Å². The Bertz CT molecular complexity index is 1030. The molecule has 9 heteroatoms. The number of hydrogen-bond acceptors (Lipinski definition) is 7. The Morgan fingerprint density at radius 2 is 2.10 bits per heavy atom. The van der Waals surface area contributed by atoms with Gasteiger partial charge in [-0.25, -0.2) is 4.98 Å². The zero-order chi connectivity index (χ0) is 22.1. The van der Waals surface area contributed by atoms with Crippen LogP contribution in [0.1, 0.15) is 62.1 Å². The van der Waals surface area contributed by atoms with Crippen LogP contribution in [0.4, 0.5) is 0 Å². The van der Waals surface area contributed by atoms with Gasteiger partial charge in [-0.05, 0) is 51.7 Å². The van der Waals surface area contributed by atoms with E-state index in [4.69, 9.17) is 9.47 Å². The first-order chi connectivity index (χ1) is 14.1. The Balaban J connectivity index is 1.93. The highest BCUT2D eigenvalue weighted by Crippen LogP contribution is 2.32. The van der Waals surface area contributed by atoms with Crippen LogP contribution in [0.25, 0.3) is 11.0 Å². The summed E-state index contributed by atoms with van der Waals surface area (Å²) in [6.45, 7) is 5.35. The topological polar surface area (TPSA) is 120 Å². The number of aryl methyl sites for hydroxylation is 1. The molecule has 0 radical (unpaired) electrons. The maximum Gasteiger partial charge on any atom is 0.325 e. The molecule has 1 aliphatic heterocycles. The van der Waals surface area contributed by atoms with Gasteiger partial charge in [0.1, 0.15) is 29.1 Å². The van der Waals surface area contributed by atoms with E-state index in [1.54, 1.807) is 33.0 Å². The smallest absolute Gasteiger partial charge is 0.325 e. The van der Waals surface area contributed by atoms with Gasteiger partial charge in [0.15, 0.2) is 0 Å². The van der Waals surface area contributed by atoms with Gasteiger partial charge in [0, 0.05) is 19.9 Å². The molecule has 3 heterocycles. The Hall–Kier alpha value is -2.94. The third kappa shape index (κ3) is 4.62. The van der Waals surface area contributed by atoms with Crippen LogP contribution in [0, 0.1) is 0 Å². The average Bonchev–Trinajstić information content (AvgIpc) is 2.70. The Morgan fingerprint density at radius 3 is 2.73 bits per heavy atom. The van der Waals surface area contributed by atoms with Crippen molar-refractivity contribution in [1.82, 2.24) is 14.9 Å². The average molecular weight is 417 g/mol. The van der Waals surface area contributed by atoms with Gasteiger partial charge >= 0.3 is 5.97 Å². The number of carbonyl (C=O) groups excluding carboxylic acids is 2. The van der Waals surface area contributed by atoms with Crippen molar-refractivity contribution < 1.29 is 24.2 Å². The summed E-state index contributed by atoms with van der Waals surface area (Å²) in [4.78, 5) is 41.4. The van der Waals surface area contributed by atoms with Gasteiger partial charge in [-0.3, -0.25) is 19.0 Å². The monoisotopic (exact) mass is 417 g/mol. The summed E-state index contributed by atoms with van der Waals surface area (Å²) in [6.07, 6.45) is 4.35. The number of ether oxygens (including phenoxy) is 2. The van der Waals surface area contributed by atoms with Crippen LogP contribution in [0.15, 0.2) is 17.1 Å². The first-order valence-corrected chi connectivity index (χ1v) is 9.91. The lowest BCUT2D eigenvalue weighted by Gasteiger charge is -2.23. The van der Waals surface area contributed by atoms with Crippen molar-refractivity contribution in [3.8, 4) is 5.75 Å². The number of carbonyl (C=O) groups is 2. The molecule has 1 saturated heterocycles. The number of fused-ring (bicyclic) bond motifs is 1. The van der Waals surface area contributed by atoms with E-state index in [2.05, 4.69) is 10.3 Å². The minimum atomic E-state index is -0.861. The largest absolute Gasteiger partial charge is 0.506 e. The Kier molecular flexibility index (Phi) is 6.12. The van der Waals surface area contributed by atoms with E-state index in [1.807, 2.05) is 0 Å². The third-order valence-corrected chi connectivity index (χ3v) is 4.81. The maximum absolute atomic E-state index is 12.7. The number of amides is 1. The third-order valence-electron chi connectivity index (χ3n) is 4.81. The lowest BCUT2D eigenvalue weighted by atomic mass is 10.0. The van der Waals surface area contributed by atoms with Crippen molar-refractivity contribution in [3.05, 3.63) is 33.7 Å². The molecule has 2 N–H and O–H groups in total. The fraction of sp³-hybridized carbons (Fsp3) is 0.524. The maximum atomic E-state index is 12.7. The van der Waals surface area contributed by atoms with Crippen LogP contribution < -0.4 is 10.9 Å². The van der Waals surface area contributed by atoms with Crippen molar-refractivity contribution in [3.63, 3.8) is 0 Å². The number of aromatic nitrogens is 2. The van der Waals surface area contributed by atoms with E-state index in [0.717, 1.165) is 24.8 Å². The number of hydrogen-bond donors (Lipinski definition) is 2. The summed E-state index contributed by atoms with van der Waals surface area (Å²) in [5.74, 6) is -1.98. The van der Waals surface area contributed by atoms with Gasteiger partial charge in [-0.1, -0.05) is 0 Å². The van der Waals surface area contributed by atoms with Crippen LogP contribution in [-0.2, 0) is 21.3 Å². The van der Waals surface area contributed by atoms with E-state index >= 15 is 0 Å². The van der Waals surface area contributed by atoms with Gasteiger partial charge in [-0.2, -0.15) is 0 Å². The Labute approximate surface area is 174 Å². The van der Waals surface area contributed by atoms with Crippen LogP contribution >= 0.6 is 0 Å². The number of nitrogens with one attached hydrogen (secondary N) is 1. The predicted molar refractivity (Wildman–Crippen MR) is 109 cm³/mol. The lowest BCUT2D eigenvalue weighted by molar-refractivity contribution is -0.153. The van der Waals surface area contributed by atoms with Crippen LogP contribution in [0.3, 0.4) is 0 Å². The molecule has 162 valence electrons. The molecule has 0 aliphatic carbocycles. The van der Waals surface area contributed by atoms with Crippen molar-refractivity contribution in [2.75, 3.05) is 13.2 Å². The number of aromatic hydroxyl groups is 1. The lowest BCUT2D eigenvalue weighted by Crippen LogP contribution is -2.37. The van der Waals surface area contributed by atoms with Crippen LogP contribution in [0.5, 0.6) is 5.75 Å². The minimum Gasteiger partial charge on any atom is -0.506 e. The Morgan fingerprint density at radius 1 is 1.37 bits per heavy atom. The molecule has 1 fully saturated rings. The summed E-state index contributed by atoms with van der Waals surface area (Å²) in [5.41, 5.74) is -0.836. The molecule has 0 spiro atoms. The molecule has 1 aliphatic rings. The molecule has 0 saturated carbocycles. The molecule has 1 atom stereocenters. The van der Waals surface area contributed by atoms with E-state index in [0.29, 0.717) is 6.61 Å². The second-order valence-electron chi connectivity index (χ2n) is 8.35. The van der Waals surface area contributed by atoms with Gasteiger partial charge in [0.2, 0.25) is 0 Å². The highest BCUT2D eigenvalue weighted by atomic mass is 16.6. The van der Waals surface area contributed by atoms with E-state index < -0.39 is 40.9 Å². The number of pyridine rings is 2. The standard InChI is InChI=1S/C21H27N3O6/c1-21(2,3)30-15(25)11-23-19(27)16-17(26)13-9-12(14-7-5-6-8-29-14)10-22-18(13)24(4)20(16)28/h9-10,14,26H,5-8,11H2,1-4H3,(H,23,27)/t14-/m0/s1. The highest BCUT2D eigenvalue weighted by Gasteiger charge is 2.25. The molecule has 3 rings (SSSR count). The normalized spacial score (nSPS) is 17.0. The van der Waals surface area contributed by atoms with Gasteiger partial charge in [0.05, 0.1) is 11.5 Å². The quantitative estimate of drug-likeness (QED) is 0.730. The highest BCUT2D eigenvalue weighted by molar-refractivity contribution is 6.02. The fourth-order valence-electron chi connectivity index (χ4n) is 3.42. The molecular weight excluding hydrogens is 390 g/mol. The van der Waals surface area contributed by atoms with E-state index in [1.165, 1.54) is 11.6 Å². The number of rotatable bonds is 4. The molecule has 30 heavy (non-hydrogen) atoms. The molecule has 0 bridgehead atoms. The molecule has 1 amide bonds. The molecule has 0 unspecified atom stereocenters. The summed E-state index contributed by atoms with van der Waals surface area (Å²) in [6, 6.07) is 1.69. The summed E-state index contributed by atoms with van der Waals surface area (Å²) in [7, 11) is 1.47. The molecule has 2 aromatic heterocycles. The minimum absolute atomic E-state index is 0.142. The molecular formula is C21H27N3O6. The zero-order valence-electron chi connectivity index (χ0n) is 17.7. The number of nitrogens with zero attached hydrogens (tertiary/aromatic N) is 2. The van der Waals surface area contributed by atoms with E-state index in [-0.39, 0.29) is 17.1 Å². The molecule has 0 aromatic carbocycles. The first kappa shape index (κ1) is 21.8. The second kappa shape index (κ2) is 8.43. The second-order valence-corrected chi connectivity index (χ2v) is 8.35. The van der Waals surface area contributed by atoms with Crippen LogP contribution in [-0.4, -0.2) is 45.3 Å². The first-order valence-electron chi connectivity index (χ1n) is 9.91. The molecule has 9 nitrogen and oxygen atoms in total.